The van der Waals surface area contributed by atoms with Gasteiger partial charge >= 0.3 is 0 Å². The molecule has 0 aliphatic carbocycles. The molecule has 0 saturated heterocycles. The number of hydrogen-bond donors (Lipinski definition) is 1. The second-order valence-corrected chi connectivity index (χ2v) is 6.82. The first-order valence-corrected chi connectivity index (χ1v) is 8.56. The summed E-state index contributed by atoms with van der Waals surface area (Å²) < 4.78 is 14.7. The van der Waals surface area contributed by atoms with Crippen molar-refractivity contribution in [1.82, 2.24) is 5.32 Å². The van der Waals surface area contributed by atoms with Crippen LogP contribution in [-0.4, -0.2) is 12.6 Å². The Labute approximate surface area is 132 Å². The summed E-state index contributed by atoms with van der Waals surface area (Å²) in [6, 6.07) is 9.80. The third-order valence-electron chi connectivity index (χ3n) is 3.19. The second-order valence-electron chi connectivity index (χ2n) is 4.87. The molecule has 1 heterocycles. The molecule has 4 heteroatoms. The Balaban J connectivity index is 2.06. The number of rotatable bonds is 7. The molecule has 2 rings (SSSR count). The summed E-state index contributed by atoms with van der Waals surface area (Å²) in [6.45, 7) is 3.11. The zero-order valence-electron chi connectivity index (χ0n) is 11.5. The Bertz CT molecular complexity index is 527. The van der Waals surface area contributed by atoms with Gasteiger partial charge in [-0.05, 0) is 54.9 Å². The number of nitrogens with one attached hydrogen (secondary N) is 1. The summed E-state index contributed by atoms with van der Waals surface area (Å²) in [6.07, 6.45) is 2.76. The van der Waals surface area contributed by atoms with Gasteiger partial charge in [0.1, 0.15) is 5.82 Å². The predicted octanol–water partition coefficient (Wildman–Crippen LogP) is 4.80. The monoisotopic (exact) mass is 355 g/mol. The van der Waals surface area contributed by atoms with Crippen LogP contribution in [0.5, 0.6) is 0 Å². The van der Waals surface area contributed by atoms with Crippen molar-refractivity contribution < 1.29 is 4.39 Å². The SMILES string of the molecule is CCCNC(Cc1cccs1)Cc1ccc(Br)cc1F. The molecule has 0 saturated carbocycles. The molecule has 0 aliphatic heterocycles. The van der Waals surface area contributed by atoms with E-state index in [1.807, 2.05) is 12.1 Å². The van der Waals surface area contributed by atoms with Crippen LogP contribution in [0.3, 0.4) is 0 Å². The lowest BCUT2D eigenvalue weighted by molar-refractivity contribution is 0.494. The average molecular weight is 356 g/mol. The fourth-order valence-corrected chi connectivity index (χ4v) is 3.31. The lowest BCUT2D eigenvalue weighted by Gasteiger charge is -2.18. The smallest absolute Gasteiger partial charge is 0.127 e. The number of benzene rings is 1. The molecule has 1 aromatic heterocycles. The van der Waals surface area contributed by atoms with Gasteiger partial charge in [-0.1, -0.05) is 35.0 Å². The maximum absolute atomic E-state index is 14.0. The van der Waals surface area contributed by atoms with Gasteiger partial charge in [0.2, 0.25) is 0 Å². The standard InChI is InChI=1S/C16H19BrFNS/c1-2-7-19-14(11-15-4-3-8-20-15)9-12-5-6-13(17)10-16(12)18/h3-6,8,10,14,19H,2,7,9,11H2,1H3. The van der Waals surface area contributed by atoms with Crippen molar-refractivity contribution in [3.05, 3.63) is 56.4 Å². The van der Waals surface area contributed by atoms with Crippen molar-refractivity contribution in [3.8, 4) is 0 Å². The summed E-state index contributed by atoms with van der Waals surface area (Å²) in [7, 11) is 0. The molecule has 0 radical (unpaired) electrons. The first-order chi connectivity index (χ1) is 9.69. The highest BCUT2D eigenvalue weighted by molar-refractivity contribution is 9.10. The summed E-state index contributed by atoms with van der Waals surface area (Å²) in [5.41, 5.74) is 0.776. The third kappa shape index (κ3) is 4.69. The van der Waals surface area contributed by atoms with Gasteiger partial charge < -0.3 is 5.32 Å². The van der Waals surface area contributed by atoms with Gasteiger partial charge in [-0.3, -0.25) is 0 Å². The van der Waals surface area contributed by atoms with Crippen LogP contribution in [0.1, 0.15) is 23.8 Å². The molecule has 1 atom stereocenters. The third-order valence-corrected chi connectivity index (χ3v) is 4.58. The predicted molar refractivity (Wildman–Crippen MR) is 87.9 cm³/mol. The maximum atomic E-state index is 14.0. The molecule has 0 spiro atoms. The Morgan fingerprint density at radius 1 is 1.30 bits per heavy atom. The van der Waals surface area contributed by atoms with Crippen LogP contribution >= 0.6 is 27.3 Å². The normalized spacial score (nSPS) is 12.6. The van der Waals surface area contributed by atoms with Crippen molar-refractivity contribution in [2.24, 2.45) is 0 Å². The topological polar surface area (TPSA) is 12.0 Å². The molecule has 0 fully saturated rings. The van der Waals surface area contributed by atoms with Gasteiger partial charge in [0, 0.05) is 15.4 Å². The number of thiophene rings is 1. The molecule has 1 nitrogen and oxygen atoms in total. The van der Waals surface area contributed by atoms with Gasteiger partial charge in [-0.25, -0.2) is 4.39 Å². The van der Waals surface area contributed by atoms with E-state index in [0.29, 0.717) is 0 Å². The van der Waals surface area contributed by atoms with Crippen LogP contribution in [-0.2, 0) is 12.8 Å². The van der Waals surface area contributed by atoms with Crippen LogP contribution in [0.2, 0.25) is 0 Å². The van der Waals surface area contributed by atoms with E-state index in [-0.39, 0.29) is 11.9 Å². The van der Waals surface area contributed by atoms with Crippen LogP contribution in [0.4, 0.5) is 4.39 Å². The molecule has 1 aromatic carbocycles. The Morgan fingerprint density at radius 2 is 2.15 bits per heavy atom. The minimum absolute atomic E-state index is 0.131. The highest BCUT2D eigenvalue weighted by atomic mass is 79.9. The van der Waals surface area contributed by atoms with Crippen molar-refractivity contribution in [2.45, 2.75) is 32.2 Å². The zero-order chi connectivity index (χ0) is 14.4. The largest absolute Gasteiger partial charge is 0.313 e. The number of hydrogen-bond acceptors (Lipinski definition) is 2. The number of halogens is 2. The van der Waals surface area contributed by atoms with Crippen molar-refractivity contribution in [1.29, 1.82) is 0 Å². The molecule has 108 valence electrons. The molecule has 0 aliphatic rings. The van der Waals surface area contributed by atoms with Crippen LogP contribution in [0, 0.1) is 5.82 Å². The van der Waals surface area contributed by atoms with E-state index in [4.69, 9.17) is 0 Å². The van der Waals surface area contributed by atoms with E-state index in [1.54, 1.807) is 11.3 Å². The first-order valence-electron chi connectivity index (χ1n) is 6.88. The quantitative estimate of drug-likeness (QED) is 0.751. The van der Waals surface area contributed by atoms with E-state index in [9.17, 15) is 4.39 Å². The maximum Gasteiger partial charge on any atom is 0.127 e. The fraction of sp³-hybridized carbons (Fsp3) is 0.375. The van der Waals surface area contributed by atoms with Crippen LogP contribution in [0.25, 0.3) is 0 Å². The lowest BCUT2D eigenvalue weighted by atomic mass is 10.0. The Hall–Kier alpha value is -0.710. The van der Waals surface area contributed by atoms with Gasteiger partial charge in [-0.2, -0.15) is 0 Å². The van der Waals surface area contributed by atoms with Crippen LogP contribution in [0.15, 0.2) is 40.2 Å². The molecular weight excluding hydrogens is 337 g/mol. The summed E-state index contributed by atoms with van der Waals surface area (Å²) in [5.74, 6) is -0.131. The van der Waals surface area contributed by atoms with Gasteiger partial charge in [0.25, 0.3) is 0 Å². The Morgan fingerprint density at radius 3 is 2.80 bits per heavy atom. The highest BCUT2D eigenvalue weighted by Crippen LogP contribution is 2.19. The second kappa shape index (κ2) is 7.91. The molecular formula is C16H19BrFNS. The first kappa shape index (κ1) is 15.7. The molecule has 1 unspecified atom stereocenters. The average Bonchev–Trinajstić information content (AvgIpc) is 2.92. The fourth-order valence-electron chi connectivity index (χ4n) is 2.19. The van der Waals surface area contributed by atoms with E-state index >= 15 is 0 Å². The van der Waals surface area contributed by atoms with Gasteiger partial charge in [-0.15, -0.1) is 11.3 Å². The summed E-state index contributed by atoms with van der Waals surface area (Å²) in [5, 5.41) is 5.62. The summed E-state index contributed by atoms with van der Waals surface area (Å²) in [4.78, 5) is 1.34. The van der Waals surface area contributed by atoms with Crippen LogP contribution < -0.4 is 5.32 Å². The molecule has 2 aromatic rings. The van der Waals surface area contributed by atoms with Gasteiger partial charge in [0.05, 0.1) is 0 Å². The molecule has 20 heavy (non-hydrogen) atoms. The molecule has 0 bridgehead atoms. The zero-order valence-corrected chi connectivity index (χ0v) is 13.9. The Kier molecular flexibility index (Phi) is 6.20. The minimum Gasteiger partial charge on any atom is -0.313 e. The van der Waals surface area contributed by atoms with E-state index in [1.165, 1.54) is 10.9 Å². The van der Waals surface area contributed by atoms with E-state index < -0.39 is 0 Å². The van der Waals surface area contributed by atoms with Crippen molar-refractivity contribution in [3.63, 3.8) is 0 Å². The van der Waals surface area contributed by atoms with E-state index in [0.717, 1.165) is 35.8 Å². The molecule has 1 N–H and O–H groups in total. The minimum atomic E-state index is -0.131. The molecule has 0 amide bonds. The summed E-state index contributed by atoms with van der Waals surface area (Å²) >= 11 is 5.06. The lowest BCUT2D eigenvalue weighted by Crippen LogP contribution is -2.33. The van der Waals surface area contributed by atoms with Crippen molar-refractivity contribution in [2.75, 3.05) is 6.54 Å². The highest BCUT2D eigenvalue weighted by Gasteiger charge is 2.13. The van der Waals surface area contributed by atoms with Gasteiger partial charge in [0.15, 0.2) is 0 Å². The van der Waals surface area contributed by atoms with E-state index in [2.05, 4.69) is 45.7 Å². The van der Waals surface area contributed by atoms with Crippen molar-refractivity contribution >= 4 is 27.3 Å².